The maximum absolute atomic E-state index is 13.2. The van der Waals surface area contributed by atoms with E-state index >= 15 is 0 Å². The minimum atomic E-state index is -0.993. The largest absolute Gasteiger partial charge is 0.497 e. The van der Waals surface area contributed by atoms with Gasteiger partial charge in [-0.3, -0.25) is 9.59 Å². The molecule has 3 aromatic rings. The van der Waals surface area contributed by atoms with Crippen LogP contribution in [0.5, 0.6) is 5.75 Å². The number of amides is 2. The molecule has 0 bridgehead atoms. The van der Waals surface area contributed by atoms with E-state index in [1.165, 1.54) is 12.1 Å². The topological polar surface area (TPSA) is 99.2 Å². The summed E-state index contributed by atoms with van der Waals surface area (Å²) in [6, 6.07) is 19.0. The summed E-state index contributed by atoms with van der Waals surface area (Å²) in [6.45, 7) is 5.07. The molecule has 2 N–H and O–H groups in total. The average Bonchev–Trinajstić information content (AvgIpc) is 2.91. The van der Waals surface area contributed by atoms with Gasteiger partial charge in [-0.05, 0) is 53.6 Å². The molecule has 2 amide bonds. The van der Waals surface area contributed by atoms with Crippen molar-refractivity contribution in [3.8, 4) is 5.75 Å². The van der Waals surface area contributed by atoms with Crippen LogP contribution in [0, 0.1) is 0 Å². The molecule has 1 heterocycles. The molecular weight excluding hydrogens is 458 g/mol. The van der Waals surface area contributed by atoms with Gasteiger partial charge in [0.2, 0.25) is 0 Å². The van der Waals surface area contributed by atoms with E-state index in [1.54, 1.807) is 42.3 Å². The number of carboxylic acids is 1. The van der Waals surface area contributed by atoms with E-state index < -0.39 is 5.97 Å². The second-order valence-electron chi connectivity index (χ2n) is 8.11. The van der Waals surface area contributed by atoms with Crippen LogP contribution in [0.3, 0.4) is 0 Å². The number of benzene rings is 3. The Labute approximate surface area is 211 Å². The summed E-state index contributed by atoms with van der Waals surface area (Å²) < 4.78 is 5.15. The van der Waals surface area contributed by atoms with Crippen LogP contribution < -0.4 is 15.0 Å². The number of nitrogens with one attached hydrogen (secondary N) is 1. The van der Waals surface area contributed by atoms with Crippen LogP contribution in [0.1, 0.15) is 56.0 Å². The number of carbonyl (C=O) groups excluding carboxylic acids is 2. The molecule has 0 spiro atoms. The second kappa shape index (κ2) is 11.9. The van der Waals surface area contributed by atoms with Crippen LogP contribution in [0.25, 0.3) is 0 Å². The first-order valence-electron chi connectivity index (χ1n) is 11.7. The van der Waals surface area contributed by atoms with E-state index in [4.69, 9.17) is 9.84 Å². The summed E-state index contributed by atoms with van der Waals surface area (Å²) in [5, 5.41) is 12.0. The molecule has 0 saturated carbocycles. The zero-order chi connectivity index (χ0) is 26.2. The molecule has 8 nitrogen and oxygen atoms in total. The number of hydrogen-bond donors (Lipinski definition) is 2. The van der Waals surface area contributed by atoms with Gasteiger partial charge in [-0.2, -0.15) is 0 Å². The maximum atomic E-state index is 13.2. The summed E-state index contributed by atoms with van der Waals surface area (Å²) in [7, 11) is 3.48. The first-order valence-corrected chi connectivity index (χ1v) is 11.7. The second-order valence-corrected chi connectivity index (χ2v) is 8.11. The quantitative estimate of drug-likeness (QED) is 0.510. The molecule has 0 aromatic heterocycles. The highest BCUT2D eigenvalue weighted by molar-refractivity contribution is 6.04. The third-order valence-corrected chi connectivity index (χ3v) is 5.76. The molecule has 1 aliphatic rings. The predicted octanol–water partition coefficient (Wildman–Crippen LogP) is 4.40. The van der Waals surface area contributed by atoms with Crippen LogP contribution >= 0.6 is 0 Å². The number of ether oxygens (including phenoxy) is 1. The number of anilines is 1. The fourth-order valence-electron chi connectivity index (χ4n) is 3.87. The monoisotopic (exact) mass is 489 g/mol. The van der Waals surface area contributed by atoms with Gasteiger partial charge in [0.15, 0.2) is 0 Å². The normalized spacial score (nSPS) is 12.3. The number of methoxy groups -OCH3 is 1. The van der Waals surface area contributed by atoms with Crippen molar-refractivity contribution in [1.29, 1.82) is 0 Å². The number of carboxylic acid groups (broad SMARTS) is 1. The number of fused-ring (bicyclic) bond motifs is 1. The van der Waals surface area contributed by atoms with Gasteiger partial charge in [-0.1, -0.05) is 38.1 Å². The van der Waals surface area contributed by atoms with Crippen molar-refractivity contribution in [3.05, 3.63) is 94.5 Å². The van der Waals surface area contributed by atoms with Crippen molar-refractivity contribution in [1.82, 2.24) is 10.2 Å². The Bertz CT molecular complexity index is 1220. The van der Waals surface area contributed by atoms with Crippen molar-refractivity contribution in [2.75, 3.05) is 25.7 Å². The molecule has 3 aromatic carbocycles. The summed E-state index contributed by atoms with van der Waals surface area (Å²) in [5.74, 6) is -0.697. The maximum Gasteiger partial charge on any atom is 0.335 e. The molecule has 0 aliphatic carbocycles. The summed E-state index contributed by atoms with van der Waals surface area (Å²) in [6.07, 6.45) is 0. The minimum Gasteiger partial charge on any atom is -0.497 e. The standard InChI is InChI=1S/C26H25N3O5.C2H6/c1-28-16-29(15-18-3-7-19(8-4-18)26(32)33)25(31)22-13-20(9-12-23(22)28)24(30)27-14-17-5-10-21(34-2)11-6-17;1-2/h3-13H,14-16H2,1-2H3,(H,27,30)(H,32,33);1-2H3. The Kier molecular flexibility index (Phi) is 8.67. The Morgan fingerprint density at radius 1 is 0.944 bits per heavy atom. The van der Waals surface area contributed by atoms with Gasteiger partial charge in [0.05, 0.1) is 30.6 Å². The van der Waals surface area contributed by atoms with E-state index in [0.29, 0.717) is 30.9 Å². The number of nitrogens with zero attached hydrogens (tertiary/aromatic N) is 2. The van der Waals surface area contributed by atoms with E-state index in [2.05, 4.69) is 5.32 Å². The lowest BCUT2D eigenvalue weighted by Crippen LogP contribution is -2.44. The van der Waals surface area contributed by atoms with Crippen molar-refractivity contribution >= 4 is 23.5 Å². The van der Waals surface area contributed by atoms with Gasteiger partial charge in [-0.25, -0.2) is 4.79 Å². The fourth-order valence-corrected chi connectivity index (χ4v) is 3.87. The predicted molar refractivity (Wildman–Crippen MR) is 138 cm³/mol. The number of rotatable bonds is 7. The summed E-state index contributed by atoms with van der Waals surface area (Å²) in [5.41, 5.74) is 3.57. The van der Waals surface area contributed by atoms with Gasteiger partial charge in [0.25, 0.3) is 11.8 Å². The van der Waals surface area contributed by atoms with Crippen molar-refractivity contribution in [3.63, 3.8) is 0 Å². The Balaban J connectivity index is 0.00000176. The SMILES string of the molecule is CC.COc1ccc(CNC(=O)c2ccc3c(c2)C(=O)N(Cc2ccc(C(=O)O)cc2)CN3C)cc1. The summed E-state index contributed by atoms with van der Waals surface area (Å²) >= 11 is 0. The molecular formula is C28H31N3O5. The lowest BCUT2D eigenvalue weighted by Gasteiger charge is -2.36. The molecule has 1 aliphatic heterocycles. The summed E-state index contributed by atoms with van der Waals surface area (Å²) in [4.78, 5) is 40.6. The van der Waals surface area contributed by atoms with E-state index in [1.807, 2.05) is 50.1 Å². The number of carbonyl (C=O) groups is 3. The number of hydrogen-bond acceptors (Lipinski definition) is 5. The lowest BCUT2D eigenvalue weighted by atomic mass is 10.0. The zero-order valence-corrected chi connectivity index (χ0v) is 20.9. The van der Waals surface area contributed by atoms with Crippen molar-refractivity contribution < 1.29 is 24.2 Å². The van der Waals surface area contributed by atoms with Crippen LogP contribution in [-0.2, 0) is 13.1 Å². The smallest absolute Gasteiger partial charge is 0.335 e. The highest BCUT2D eigenvalue weighted by atomic mass is 16.5. The van der Waals surface area contributed by atoms with Crippen LogP contribution in [0.2, 0.25) is 0 Å². The molecule has 0 saturated heterocycles. The molecule has 4 rings (SSSR count). The zero-order valence-electron chi connectivity index (χ0n) is 20.9. The van der Waals surface area contributed by atoms with Gasteiger partial charge < -0.3 is 25.0 Å². The Morgan fingerprint density at radius 3 is 2.17 bits per heavy atom. The lowest BCUT2D eigenvalue weighted by molar-refractivity contribution is 0.0693. The molecule has 0 fully saturated rings. The van der Waals surface area contributed by atoms with Gasteiger partial charge in [-0.15, -0.1) is 0 Å². The molecule has 188 valence electrons. The van der Waals surface area contributed by atoms with Gasteiger partial charge in [0, 0.05) is 25.7 Å². The Hall–Kier alpha value is -4.33. The molecule has 36 heavy (non-hydrogen) atoms. The highest BCUT2D eigenvalue weighted by Crippen LogP contribution is 2.28. The van der Waals surface area contributed by atoms with Crippen LogP contribution in [-0.4, -0.2) is 48.6 Å². The average molecular weight is 490 g/mol. The molecule has 0 atom stereocenters. The van der Waals surface area contributed by atoms with E-state index in [9.17, 15) is 14.4 Å². The number of aromatic carboxylic acids is 1. The van der Waals surface area contributed by atoms with E-state index in [0.717, 1.165) is 22.6 Å². The highest BCUT2D eigenvalue weighted by Gasteiger charge is 2.28. The minimum absolute atomic E-state index is 0.180. The van der Waals surface area contributed by atoms with E-state index in [-0.39, 0.29) is 17.4 Å². The fraction of sp³-hybridized carbons (Fsp3) is 0.250. The van der Waals surface area contributed by atoms with Gasteiger partial charge in [0.1, 0.15) is 5.75 Å². The molecule has 8 heteroatoms. The third kappa shape index (κ3) is 6.02. The van der Waals surface area contributed by atoms with Crippen LogP contribution in [0.15, 0.2) is 66.7 Å². The third-order valence-electron chi connectivity index (χ3n) is 5.76. The van der Waals surface area contributed by atoms with Crippen LogP contribution in [0.4, 0.5) is 5.69 Å². The first-order chi connectivity index (χ1) is 17.4. The molecule has 0 radical (unpaired) electrons. The molecule has 0 unspecified atom stereocenters. The Morgan fingerprint density at radius 2 is 1.56 bits per heavy atom. The van der Waals surface area contributed by atoms with Crippen molar-refractivity contribution in [2.45, 2.75) is 26.9 Å². The van der Waals surface area contributed by atoms with Crippen molar-refractivity contribution in [2.24, 2.45) is 0 Å². The first kappa shape index (κ1) is 26.3. The van der Waals surface area contributed by atoms with Gasteiger partial charge >= 0.3 is 5.97 Å².